The van der Waals surface area contributed by atoms with E-state index in [1.54, 1.807) is 19.1 Å². The standard InChI is InChI=1S/C17H19F2NO3/c1-17(22,15-5-3-9-23-15)11-20-16(21)6-2-4-12-7-8-13(18)14(19)10-12/h3,5,7-10,22H,2,4,6,11H2,1H3,(H,20,21). The van der Waals surface area contributed by atoms with Crippen molar-refractivity contribution in [2.45, 2.75) is 31.8 Å². The van der Waals surface area contributed by atoms with Crippen LogP contribution in [-0.2, 0) is 16.8 Å². The van der Waals surface area contributed by atoms with E-state index in [0.29, 0.717) is 24.2 Å². The van der Waals surface area contributed by atoms with Crippen molar-refractivity contribution in [3.63, 3.8) is 0 Å². The topological polar surface area (TPSA) is 62.5 Å². The summed E-state index contributed by atoms with van der Waals surface area (Å²) in [6.45, 7) is 1.58. The molecule has 0 radical (unpaired) electrons. The number of hydrogen-bond donors (Lipinski definition) is 2. The number of hydrogen-bond acceptors (Lipinski definition) is 3. The fourth-order valence-corrected chi connectivity index (χ4v) is 2.18. The lowest BCUT2D eigenvalue weighted by molar-refractivity contribution is -0.122. The molecule has 6 heteroatoms. The van der Waals surface area contributed by atoms with Crippen LogP contribution in [0.25, 0.3) is 0 Å². The number of furan rings is 1. The minimum Gasteiger partial charge on any atom is -0.466 e. The summed E-state index contributed by atoms with van der Waals surface area (Å²) in [7, 11) is 0. The summed E-state index contributed by atoms with van der Waals surface area (Å²) in [6, 6.07) is 7.00. The molecule has 1 unspecified atom stereocenters. The van der Waals surface area contributed by atoms with Crippen LogP contribution >= 0.6 is 0 Å². The number of rotatable bonds is 7. The van der Waals surface area contributed by atoms with Crippen molar-refractivity contribution >= 4 is 5.91 Å². The molecule has 124 valence electrons. The van der Waals surface area contributed by atoms with Gasteiger partial charge in [0.05, 0.1) is 12.8 Å². The summed E-state index contributed by atoms with van der Waals surface area (Å²) in [6.07, 6.45) is 2.65. The fourth-order valence-electron chi connectivity index (χ4n) is 2.18. The smallest absolute Gasteiger partial charge is 0.220 e. The van der Waals surface area contributed by atoms with Gasteiger partial charge in [0.1, 0.15) is 11.4 Å². The van der Waals surface area contributed by atoms with Gasteiger partial charge in [-0.15, -0.1) is 0 Å². The summed E-state index contributed by atoms with van der Waals surface area (Å²) in [4.78, 5) is 11.8. The molecule has 0 fully saturated rings. The molecule has 1 heterocycles. The zero-order valence-corrected chi connectivity index (χ0v) is 12.8. The third-order valence-electron chi connectivity index (χ3n) is 3.54. The first-order chi connectivity index (χ1) is 10.9. The van der Waals surface area contributed by atoms with E-state index in [4.69, 9.17) is 4.42 Å². The maximum atomic E-state index is 13.1. The molecule has 1 amide bonds. The quantitative estimate of drug-likeness (QED) is 0.823. The van der Waals surface area contributed by atoms with E-state index in [1.165, 1.54) is 12.3 Å². The Bertz CT molecular complexity index is 654. The van der Waals surface area contributed by atoms with Crippen molar-refractivity contribution < 1.29 is 23.1 Å². The van der Waals surface area contributed by atoms with E-state index in [0.717, 1.165) is 12.1 Å². The Hall–Kier alpha value is -2.21. The van der Waals surface area contributed by atoms with Crippen molar-refractivity contribution in [2.75, 3.05) is 6.54 Å². The number of aryl methyl sites for hydroxylation is 1. The van der Waals surface area contributed by atoms with Crippen LogP contribution in [0.2, 0.25) is 0 Å². The fraction of sp³-hybridized carbons (Fsp3) is 0.353. The lowest BCUT2D eigenvalue weighted by Crippen LogP contribution is -2.38. The van der Waals surface area contributed by atoms with Gasteiger partial charge in [0.2, 0.25) is 5.91 Å². The number of nitrogens with one attached hydrogen (secondary N) is 1. The Morgan fingerprint density at radius 1 is 1.30 bits per heavy atom. The molecule has 0 bridgehead atoms. The molecule has 0 aliphatic rings. The Balaban J connectivity index is 1.74. The van der Waals surface area contributed by atoms with E-state index in [2.05, 4.69) is 5.32 Å². The van der Waals surface area contributed by atoms with Crippen molar-refractivity contribution in [2.24, 2.45) is 0 Å². The average Bonchev–Trinajstić information content (AvgIpc) is 3.04. The minimum absolute atomic E-state index is 0.0323. The predicted molar refractivity (Wildman–Crippen MR) is 80.6 cm³/mol. The highest BCUT2D eigenvalue weighted by molar-refractivity contribution is 5.75. The lowest BCUT2D eigenvalue weighted by atomic mass is 10.0. The Labute approximate surface area is 133 Å². The molecule has 4 nitrogen and oxygen atoms in total. The van der Waals surface area contributed by atoms with Crippen LogP contribution in [0, 0.1) is 11.6 Å². The molecule has 2 N–H and O–H groups in total. The van der Waals surface area contributed by atoms with Gasteiger partial charge in [0.25, 0.3) is 0 Å². The van der Waals surface area contributed by atoms with Gasteiger partial charge in [-0.05, 0) is 49.6 Å². The molecule has 0 aliphatic carbocycles. The molecule has 2 rings (SSSR count). The molecule has 1 aromatic carbocycles. The van der Waals surface area contributed by atoms with Crippen molar-refractivity contribution in [1.82, 2.24) is 5.32 Å². The van der Waals surface area contributed by atoms with Crippen LogP contribution in [0.3, 0.4) is 0 Å². The van der Waals surface area contributed by atoms with Crippen molar-refractivity contribution in [3.8, 4) is 0 Å². The molecular formula is C17H19F2NO3. The van der Waals surface area contributed by atoms with Gasteiger partial charge in [0.15, 0.2) is 11.6 Å². The predicted octanol–water partition coefficient (Wildman–Crippen LogP) is 2.90. The molecule has 23 heavy (non-hydrogen) atoms. The van der Waals surface area contributed by atoms with Crippen LogP contribution in [0.5, 0.6) is 0 Å². The maximum absolute atomic E-state index is 13.1. The number of benzene rings is 1. The van der Waals surface area contributed by atoms with Gasteiger partial charge in [0, 0.05) is 6.42 Å². The highest BCUT2D eigenvalue weighted by Gasteiger charge is 2.26. The average molecular weight is 323 g/mol. The van der Waals surface area contributed by atoms with Crippen LogP contribution in [0.1, 0.15) is 31.1 Å². The first kappa shape index (κ1) is 17.1. The molecular weight excluding hydrogens is 304 g/mol. The van der Waals surface area contributed by atoms with Crippen LogP contribution in [-0.4, -0.2) is 17.6 Å². The Morgan fingerprint density at radius 2 is 2.09 bits per heavy atom. The number of carbonyl (C=O) groups excluding carboxylic acids is 1. The number of halogens is 2. The summed E-state index contributed by atoms with van der Waals surface area (Å²) < 4.78 is 31.0. The van der Waals surface area contributed by atoms with Crippen molar-refractivity contribution in [3.05, 3.63) is 59.6 Å². The first-order valence-corrected chi connectivity index (χ1v) is 7.35. The third-order valence-corrected chi connectivity index (χ3v) is 3.54. The molecule has 1 aromatic heterocycles. The Kier molecular flexibility index (Phi) is 5.50. The summed E-state index contributed by atoms with van der Waals surface area (Å²) in [5.41, 5.74) is -0.640. The molecule has 0 spiro atoms. The van der Waals surface area contributed by atoms with Gasteiger partial charge in [-0.3, -0.25) is 4.79 Å². The zero-order chi connectivity index (χ0) is 16.9. The summed E-state index contributed by atoms with van der Waals surface area (Å²) >= 11 is 0. The van der Waals surface area contributed by atoms with Gasteiger partial charge in [-0.2, -0.15) is 0 Å². The minimum atomic E-state index is -1.28. The second kappa shape index (κ2) is 7.37. The zero-order valence-electron chi connectivity index (χ0n) is 12.8. The third kappa shape index (κ3) is 4.89. The van der Waals surface area contributed by atoms with Gasteiger partial charge in [-0.1, -0.05) is 6.07 Å². The van der Waals surface area contributed by atoms with Gasteiger partial charge >= 0.3 is 0 Å². The van der Waals surface area contributed by atoms with E-state index in [9.17, 15) is 18.7 Å². The van der Waals surface area contributed by atoms with Crippen LogP contribution in [0.4, 0.5) is 8.78 Å². The highest BCUT2D eigenvalue weighted by atomic mass is 19.2. The van der Waals surface area contributed by atoms with E-state index in [-0.39, 0.29) is 18.9 Å². The molecule has 2 aromatic rings. The van der Waals surface area contributed by atoms with Crippen molar-refractivity contribution in [1.29, 1.82) is 0 Å². The summed E-state index contributed by atoms with van der Waals surface area (Å²) in [5, 5.41) is 12.8. The highest BCUT2D eigenvalue weighted by Crippen LogP contribution is 2.19. The molecule has 0 saturated carbocycles. The van der Waals surface area contributed by atoms with Gasteiger partial charge < -0.3 is 14.8 Å². The molecule has 0 aliphatic heterocycles. The summed E-state index contributed by atoms with van der Waals surface area (Å²) in [5.74, 6) is -1.62. The lowest BCUT2D eigenvalue weighted by Gasteiger charge is -2.21. The SMILES string of the molecule is CC(O)(CNC(=O)CCCc1ccc(F)c(F)c1)c1ccco1. The second-order valence-electron chi connectivity index (χ2n) is 5.63. The Morgan fingerprint density at radius 3 is 2.74 bits per heavy atom. The van der Waals surface area contributed by atoms with E-state index in [1.807, 2.05) is 0 Å². The number of amides is 1. The van der Waals surface area contributed by atoms with E-state index < -0.39 is 17.2 Å². The maximum Gasteiger partial charge on any atom is 0.220 e. The first-order valence-electron chi connectivity index (χ1n) is 7.35. The largest absolute Gasteiger partial charge is 0.466 e. The number of carbonyl (C=O) groups is 1. The molecule has 1 atom stereocenters. The second-order valence-corrected chi connectivity index (χ2v) is 5.63. The number of aliphatic hydroxyl groups is 1. The van der Waals surface area contributed by atoms with E-state index >= 15 is 0 Å². The van der Waals surface area contributed by atoms with Crippen LogP contribution in [0.15, 0.2) is 41.0 Å². The normalized spacial score (nSPS) is 13.6. The van der Waals surface area contributed by atoms with Gasteiger partial charge in [-0.25, -0.2) is 8.78 Å². The molecule has 0 saturated heterocycles. The van der Waals surface area contributed by atoms with Crippen LogP contribution < -0.4 is 5.32 Å². The monoisotopic (exact) mass is 323 g/mol.